The van der Waals surface area contributed by atoms with Gasteiger partial charge in [0.15, 0.2) is 4.34 Å². The van der Waals surface area contributed by atoms with E-state index >= 15 is 0 Å². The van der Waals surface area contributed by atoms with Gasteiger partial charge in [0.2, 0.25) is 16.9 Å². The quantitative estimate of drug-likeness (QED) is 0.780. The maximum Gasteiger partial charge on any atom is 0.237 e. The fraction of sp³-hybridized carbons (Fsp3) is 0.538. The molecule has 22 heavy (non-hydrogen) atoms. The van der Waals surface area contributed by atoms with Gasteiger partial charge in [0, 0.05) is 18.0 Å². The fourth-order valence-corrected chi connectivity index (χ4v) is 3.10. The van der Waals surface area contributed by atoms with Crippen molar-refractivity contribution >= 4 is 40.0 Å². The molecule has 0 aliphatic rings. The summed E-state index contributed by atoms with van der Waals surface area (Å²) in [6, 6.07) is 1.75. The average molecular weight is 341 g/mol. The third-order valence-corrected chi connectivity index (χ3v) is 4.62. The lowest BCUT2D eigenvalue weighted by Crippen LogP contribution is -2.14. The number of rotatable bonds is 6. The van der Waals surface area contributed by atoms with Gasteiger partial charge in [0.1, 0.15) is 0 Å². The van der Waals surface area contributed by atoms with E-state index in [0.717, 1.165) is 21.7 Å². The second kappa shape index (κ2) is 7.10. The van der Waals surface area contributed by atoms with Crippen molar-refractivity contribution in [3.8, 4) is 0 Å². The van der Waals surface area contributed by atoms with Crippen LogP contribution < -0.4 is 10.6 Å². The number of carbonyl (C=O) groups is 1. The molecular formula is C13H19N5O2S2. The van der Waals surface area contributed by atoms with Crippen LogP contribution in [0.25, 0.3) is 0 Å². The summed E-state index contributed by atoms with van der Waals surface area (Å²) in [5, 5.41) is 18.5. The van der Waals surface area contributed by atoms with Crippen LogP contribution in [0.1, 0.15) is 33.4 Å². The first-order chi connectivity index (χ1) is 10.4. The van der Waals surface area contributed by atoms with E-state index < -0.39 is 0 Å². The van der Waals surface area contributed by atoms with Crippen LogP contribution in [0.3, 0.4) is 0 Å². The molecule has 0 bridgehead atoms. The van der Waals surface area contributed by atoms with Crippen LogP contribution in [0, 0.1) is 0 Å². The van der Waals surface area contributed by atoms with Gasteiger partial charge in [-0.15, -0.1) is 10.2 Å². The molecule has 0 aromatic carbocycles. The molecule has 0 spiro atoms. The lowest BCUT2D eigenvalue weighted by atomic mass is 9.92. The number of nitrogens with one attached hydrogen (secondary N) is 2. The minimum atomic E-state index is -0.165. The molecule has 2 rings (SSSR count). The predicted octanol–water partition coefficient (Wildman–Crippen LogP) is 2.99. The van der Waals surface area contributed by atoms with Gasteiger partial charge in [-0.1, -0.05) is 49.0 Å². The monoisotopic (exact) mass is 341 g/mol. The first kappa shape index (κ1) is 16.8. The molecule has 0 saturated carbocycles. The number of anilines is 2. The first-order valence-corrected chi connectivity index (χ1v) is 8.66. The van der Waals surface area contributed by atoms with Crippen molar-refractivity contribution in [1.29, 1.82) is 0 Å². The number of hydrogen-bond acceptors (Lipinski definition) is 8. The Morgan fingerprint density at radius 1 is 1.41 bits per heavy atom. The SMILES string of the molecule is CCNc1nnc(SCC(=O)Nc2cc(C(C)(C)C)no2)s1. The maximum atomic E-state index is 11.9. The van der Waals surface area contributed by atoms with E-state index in [9.17, 15) is 4.79 Å². The summed E-state index contributed by atoms with van der Waals surface area (Å²) in [5.74, 6) is 0.440. The van der Waals surface area contributed by atoms with Crippen LogP contribution in [0.5, 0.6) is 0 Å². The summed E-state index contributed by atoms with van der Waals surface area (Å²) in [5.41, 5.74) is 0.686. The number of thioether (sulfide) groups is 1. The van der Waals surface area contributed by atoms with Crippen LogP contribution in [0.15, 0.2) is 14.9 Å². The molecule has 120 valence electrons. The summed E-state index contributed by atoms with van der Waals surface area (Å²) in [6.07, 6.45) is 0. The van der Waals surface area contributed by atoms with E-state index in [4.69, 9.17) is 4.52 Å². The molecule has 2 heterocycles. The lowest BCUT2D eigenvalue weighted by molar-refractivity contribution is -0.113. The van der Waals surface area contributed by atoms with Gasteiger partial charge in [-0.05, 0) is 6.92 Å². The Balaban J connectivity index is 1.83. The molecular weight excluding hydrogens is 322 g/mol. The van der Waals surface area contributed by atoms with Gasteiger partial charge in [-0.25, -0.2) is 0 Å². The predicted molar refractivity (Wildman–Crippen MR) is 88.6 cm³/mol. The van der Waals surface area contributed by atoms with E-state index in [2.05, 4.69) is 26.0 Å². The minimum absolute atomic E-state index is 0.115. The molecule has 0 fully saturated rings. The van der Waals surface area contributed by atoms with Crippen molar-refractivity contribution in [1.82, 2.24) is 15.4 Å². The van der Waals surface area contributed by atoms with E-state index in [1.807, 2.05) is 27.7 Å². The van der Waals surface area contributed by atoms with Crippen molar-refractivity contribution in [2.24, 2.45) is 0 Å². The third-order valence-electron chi connectivity index (χ3n) is 2.60. The Labute approximate surface area is 137 Å². The number of aromatic nitrogens is 3. The third kappa shape index (κ3) is 4.70. The second-order valence-electron chi connectivity index (χ2n) is 5.57. The van der Waals surface area contributed by atoms with Crippen molar-refractivity contribution in [3.05, 3.63) is 11.8 Å². The van der Waals surface area contributed by atoms with Crippen molar-refractivity contribution in [2.75, 3.05) is 22.9 Å². The molecule has 0 radical (unpaired) electrons. The second-order valence-corrected chi connectivity index (χ2v) is 7.77. The fourth-order valence-electron chi connectivity index (χ4n) is 1.48. The number of nitrogens with zero attached hydrogens (tertiary/aromatic N) is 3. The molecule has 0 atom stereocenters. The van der Waals surface area contributed by atoms with Gasteiger partial charge in [0.05, 0.1) is 11.4 Å². The van der Waals surface area contributed by atoms with E-state index in [1.54, 1.807) is 6.07 Å². The van der Waals surface area contributed by atoms with E-state index in [0.29, 0.717) is 5.88 Å². The number of hydrogen-bond donors (Lipinski definition) is 2. The lowest BCUT2D eigenvalue weighted by Gasteiger charge is -2.12. The maximum absolute atomic E-state index is 11.9. The van der Waals surface area contributed by atoms with Crippen molar-refractivity contribution in [3.63, 3.8) is 0 Å². The highest BCUT2D eigenvalue weighted by Crippen LogP contribution is 2.26. The summed E-state index contributed by atoms with van der Waals surface area (Å²) in [4.78, 5) is 11.9. The van der Waals surface area contributed by atoms with Crippen molar-refractivity contribution in [2.45, 2.75) is 37.4 Å². The Morgan fingerprint density at radius 3 is 2.82 bits per heavy atom. The first-order valence-electron chi connectivity index (χ1n) is 6.85. The van der Waals surface area contributed by atoms with Gasteiger partial charge in [-0.2, -0.15) is 0 Å². The summed E-state index contributed by atoms with van der Waals surface area (Å²) in [7, 11) is 0. The van der Waals surface area contributed by atoms with Gasteiger partial charge in [-0.3, -0.25) is 10.1 Å². The van der Waals surface area contributed by atoms with Crippen LogP contribution in [0.2, 0.25) is 0 Å². The van der Waals surface area contributed by atoms with Crippen molar-refractivity contribution < 1.29 is 9.32 Å². The number of carbonyl (C=O) groups excluding carboxylic acids is 1. The zero-order valence-electron chi connectivity index (χ0n) is 13.0. The topological polar surface area (TPSA) is 92.9 Å². The smallest absolute Gasteiger partial charge is 0.237 e. The molecule has 0 aliphatic carbocycles. The summed E-state index contributed by atoms with van der Waals surface area (Å²) >= 11 is 2.76. The molecule has 0 saturated heterocycles. The number of amides is 1. The zero-order valence-corrected chi connectivity index (χ0v) is 14.6. The highest BCUT2D eigenvalue weighted by atomic mass is 32.2. The average Bonchev–Trinajstić information content (AvgIpc) is 3.05. The molecule has 0 unspecified atom stereocenters. The molecule has 2 aromatic heterocycles. The Morgan fingerprint density at radius 2 is 2.18 bits per heavy atom. The molecule has 1 amide bonds. The normalized spacial score (nSPS) is 11.5. The Bertz CT molecular complexity index is 632. The Kier molecular flexibility index (Phi) is 5.41. The van der Waals surface area contributed by atoms with Crippen LogP contribution in [-0.2, 0) is 10.2 Å². The minimum Gasteiger partial charge on any atom is -0.360 e. The Hall–Kier alpha value is -1.61. The standard InChI is InChI=1S/C13H19N5O2S2/c1-5-14-11-16-17-12(22-11)21-7-9(19)15-10-6-8(18-20-10)13(2,3)4/h6H,5,7H2,1-4H3,(H,14,16)(H,15,19). The molecule has 7 nitrogen and oxygen atoms in total. The van der Waals surface area contributed by atoms with E-state index in [1.165, 1.54) is 23.1 Å². The molecule has 2 aromatic rings. The highest BCUT2D eigenvalue weighted by Gasteiger charge is 2.19. The van der Waals surface area contributed by atoms with Gasteiger partial charge >= 0.3 is 0 Å². The molecule has 2 N–H and O–H groups in total. The van der Waals surface area contributed by atoms with Gasteiger partial charge < -0.3 is 9.84 Å². The zero-order chi connectivity index (χ0) is 16.2. The van der Waals surface area contributed by atoms with E-state index in [-0.39, 0.29) is 17.1 Å². The molecule has 0 aliphatic heterocycles. The largest absolute Gasteiger partial charge is 0.360 e. The van der Waals surface area contributed by atoms with Crippen LogP contribution in [0.4, 0.5) is 11.0 Å². The highest BCUT2D eigenvalue weighted by molar-refractivity contribution is 8.01. The van der Waals surface area contributed by atoms with Crippen LogP contribution in [-0.4, -0.2) is 33.6 Å². The summed E-state index contributed by atoms with van der Waals surface area (Å²) in [6.45, 7) is 8.88. The van der Waals surface area contributed by atoms with Crippen LogP contribution >= 0.6 is 23.1 Å². The van der Waals surface area contributed by atoms with Gasteiger partial charge in [0.25, 0.3) is 0 Å². The molecule has 9 heteroatoms. The summed E-state index contributed by atoms with van der Waals surface area (Å²) < 4.78 is 5.87.